The molecule has 0 aromatic carbocycles. The summed E-state index contributed by atoms with van der Waals surface area (Å²) in [5.74, 6) is 1.29. The average Bonchev–Trinajstić information content (AvgIpc) is 3.50. The quantitative estimate of drug-likeness (QED) is 0.648. The fraction of sp³-hybridized carbons (Fsp3) is 0.429. The Bertz CT molecular complexity index is 1060. The number of amides is 1. The molecule has 1 aliphatic carbocycles. The minimum absolute atomic E-state index is 0.141. The van der Waals surface area contributed by atoms with E-state index in [1.807, 2.05) is 13.0 Å². The number of carbonyl (C=O) groups excluding carboxylic acids is 1. The van der Waals surface area contributed by atoms with Gasteiger partial charge in [0.15, 0.2) is 5.65 Å². The first-order valence-corrected chi connectivity index (χ1v) is 10.4. The predicted octanol–water partition coefficient (Wildman–Crippen LogP) is 2.42. The van der Waals surface area contributed by atoms with Gasteiger partial charge in [-0.1, -0.05) is 0 Å². The summed E-state index contributed by atoms with van der Waals surface area (Å²) in [5.41, 5.74) is 2.60. The second-order valence-corrected chi connectivity index (χ2v) is 7.92. The Morgan fingerprint density at radius 1 is 1.27 bits per heavy atom. The second kappa shape index (κ2) is 7.91. The highest BCUT2D eigenvalue weighted by molar-refractivity contribution is 6.09. The number of nitrogens with zero attached hydrogens (tertiary/aromatic N) is 5. The smallest absolute Gasteiger partial charge is 0.259 e. The summed E-state index contributed by atoms with van der Waals surface area (Å²) < 4.78 is 7.33. The average molecular weight is 407 g/mol. The van der Waals surface area contributed by atoms with Crippen LogP contribution in [0.15, 0.2) is 36.9 Å². The maximum Gasteiger partial charge on any atom is 0.259 e. The van der Waals surface area contributed by atoms with Crippen LogP contribution in [0.1, 0.15) is 30.1 Å². The van der Waals surface area contributed by atoms with Gasteiger partial charge < -0.3 is 20.3 Å². The number of nitrogens with one attached hydrogen (secondary N) is 2. The lowest BCUT2D eigenvalue weighted by Crippen LogP contribution is -2.41. The van der Waals surface area contributed by atoms with E-state index >= 15 is 0 Å². The lowest BCUT2D eigenvalue weighted by molar-refractivity contribution is 0.0533. The number of pyridine rings is 1. The van der Waals surface area contributed by atoms with Crippen molar-refractivity contribution in [3.05, 3.63) is 42.5 Å². The molecule has 1 amide bonds. The molecule has 9 nitrogen and oxygen atoms in total. The topological polar surface area (TPSA) is 96.7 Å². The second-order valence-electron chi connectivity index (χ2n) is 7.92. The van der Waals surface area contributed by atoms with E-state index in [1.54, 1.807) is 35.4 Å². The fourth-order valence-corrected chi connectivity index (χ4v) is 3.75. The van der Waals surface area contributed by atoms with Crippen molar-refractivity contribution < 1.29 is 9.53 Å². The Kier molecular flexibility index (Phi) is 4.96. The third kappa shape index (κ3) is 3.80. The van der Waals surface area contributed by atoms with Gasteiger partial charge in [0.1, 0.15) is 5.82 Å². The molecule has 2 N–H and O–H groups in total. The van der Waals surface area contributed by atoms with E-state index in [-0.39, 0.29) is 12.0 Å². The first kappa shape index (κ1) is 18.8. The monoisotopic (exact) mass is 407 g/mol. The summed E-state index contributed by atoms with van der Waals surface area (Å²) in [5, 5.41) is 10.8. The molecule has 156 valence electrons. The number of ether oxygens (including phenoxy) is 1. The molecule has 1 unspecified atom stereocenters. The van der Waals surface area contributed by atoms with Crippen LogP contribution in [0, 0.1) is 5.92 Å². The van der Waals surface area contributed by atoms with Gasteiger partial charge in [0.25, 0.3) is 5.91 Å². The highest BCUT2D eigenvalue weighted by atomic mass is 16.5. The van der Waals surface area contributed by atoms with E-state index in [9.17, 15) is 4.79 Å². The summed E-state index contributed by atoms with van der Waals surface area (Å²) in [7, 11) is 0. The molecule has 9 heteroatoms. The summed E-state index contributed by atoms with van der Waals surface area (Å²) in [6.07, 6.45) is 9.44. The van der Waals surface area contributed by atoms with Gasteiger partial charge >= 0.3 is 0 Å². The van der Waals surface area contributed by atoms with Crippen molar-refractivity contribution in [2.75, 3.05) is 41.8 Å². The van der Waals surface area contributed by atoms with Crippen molar-refractivity contribution in [1.82, 2.24) is 19.6 Å². The molecule has 3 aromatic heterocycles. The molecule has 0 spiro atoms. The van der Waals surface area contributed by atoms with E-state index < -0.39 is 0 Å². The summed E-state index contributed by atoms with van der Waals surface area (Å²) in [6, 6.07) is 3.61. The van der Waals surface area contributed by atoms with Gasteiger partial charge in [0, 0.05) is 32.0 Å². The molecule has 2 fully saturated rings. The number of anilines is 3. The van der Waals surface area contributed by atoms with Crippen molar-refractivity contribution in [3.8, 4) is 0 Å². The zero-order chi connectivity index (χ0) is 20.5. The Morgan fingerprint density at radius 2 is 2.17 bits per heavy atom. The fourth-order valence-electron chi connectivity index (χ4n) is 3.75. The molecule has 2 aliphatic rings. The molecule has 30 heavy (non-hydrogen) atoms. The van der Waals surface area contributed by atoms with E-state index in [2.05, 4.69) is 30.6 Å². The number of rotatable bonds is 6. The maximum absolute atomic E-state index is 13.1. The molecule has 1 aliphatic heterocycles. The number of carbonyl (C=O) groups is 1. The van der Waals surface area contributed by atoms with Crippen LogP contribution in [0.4, 0.5) is 17.2 Å². The summed E-state index contributed by atoms with van der Waals surface area (Å²) in [6.45, 7) is 5.15. The van der Waals surface area contributed by atoms with E-state index in [0.717, 1.165) is 37.1 Å². The molecule has 5 rings (SSSR count). The number of imidazole rings is 1. The van der Waals surface area contributed by atoms with Crippen LogP contribution in [0.2, 0.25) is 0 Å². The first-order valence-electron chi connectivity index (χ1n) is 10.4. The zero-order valence-corrected chi connectivity index (χ0v) is 16.9. The largest absolute Gasteiger partial charge is 0.375 e. The summed E-state index contributed by atoms with van der Waals surface area (Å²) >= 11 is 0. The van der Waals surface area contributed by atoms with Gasteiger partial charge in [-0.15, -0.1) is 0 Å². The van der Waals surface area contributed by atoms with Crippen LogP contribution >= 0.6 is 0 Å². The molecule has 0 radical (unpaired) electrons. The van der Waals surface area contributed by atoms with Crippen LogP contribution in [0.5, 0.6) is 0 Å². The highest BCUT2D eigenvalue weighted by Crippen LogP contribution is 2.29. The minimum atomic E-state index is -0.239. The Labute approximate surface area is 174 Å². The van der Waals surface area contributed by atoms with Crippen molar-refractivity contribution >= 4 is 28.7 Å². The maximum atomic E-state index is 13.1. The van der Waals surface area contributed by atoms with Gasteiger partial charge in [0.2, 0.25) is 0 Å². The van der Waals surface area contributed by atoms with Gasteiger partial charge in [-0.2, -0.15) is 9.61 Å². The Balaban J connectivity index is 1.39. The number of aromatic nitrogens is 4. The van der Waals surface area contributed by atoms with Crippen molar-refractivity contribution in [1.29, 1.82) is 0 Å². The lowest BCUT2D eigenvalue weighted by Gasteiger charge is -2.33. The van der Waals surface area contributed by atoms with Crippen molar-refractivity contribution in [3.63, 3.8) is 0 Å². The standard InChI is InChI=1S/C21H25N7O2/c1-14-13-27(8-9-30-14)18-5-6-22-11-17(18)26-21(29)16-4-7-25-28-19(12-24-20(16)28)23-10-15-2-3-15/h4-7,11-12,14-15,23H,2-3,8-10,13H2,1H3,(H,26,29). The normalized spacial score (nSPS) is 19.1. The zero-order valence-electron chi connectivity index (χ0n) is 16.9. The van der Waals surface area contributed by atoms with Gasteiger partial charge in [-0.05, 0) is 37.8 Å². The predicted molar refractivity (Wildman–Crippen MR) is 114 cm³/mol. The van der Waals surface area contributed by atoms with Crippen molar-refractivity contribution in [2.24, 2.45) is 5.92 Å². The molecular formula is C21H25N7O2. The Hall–Kier alpha value is -3.20. The first-order chi connectivity index (χ1) is 14.7. The number of hydrogen-bond donors (Lipinski definition) is 2. The van der Waals surface area contributed by atoms with E-state index in [1.165, 1.54) is 12.8 Å². The van der Waals surface area contributed by atoms with Crippen LogP contribution in [-0.4, -0.2) is 57.8 Å². The van der Waals surface area contributed by atoms with E-state index in [4.69, 9.17) is 4.74 Å². The number of fused-ring (bicyclic) bond motifs is 1. The van der Waals surface area contributed by atoms with Crippen LogP contribution < -0.4 is 15.5 Å². The molecule has 1 saturated carbocycles. The van der Waals surface area contributed by atoms with Crippen LogP contribution in [0.25, 0.3) is 5.65 Å². The summed E-state index contributed by atoms with van der Waals surface area (Å²) in [4.78, 5) is 24.0. The molecule has 1 atom stereocenters. The number of morpholine rings is 1. The van der Waals surface area contributed by atoms with Gasteiger partial charge in [0.05, 0.1) is 42.0 Å². The molecular weight excluding hydrogens is 382 g/mol. The van der Waals surface area contributed by atoms with Crippen LogP contribution in [-0.2, 0) is 4.74 Å². The van der Waals surface area contributed by atoms with Crippen molar-refractivity contribution in [2.45, 2.75) is 25.9 Å². The minimum Gasteiger partial charge on any atom is -0.375 e. The Morgan fingerprint density at radius 3 is 3.00 bits per heavy atom. The molecule has 3 aromatic rings. The van der Waals surface area contributed by atoms with Gasteiger partial charge in [-0.25, -0.2) is 4.98 Å². The third-order valence-electron chi connectivity index (χ3n) is 5.54. The van der Waals surface area contributed by atoms with Gasteiger partial charge in [-0.3, -0.25) is 9.78 Å². The van der Waals surface area contributed by atoms with E-state index in [0.29, 0.717) is 23.5 Å². The lowest BCUT2D eigenvalue weighted by atomic mass is 10.2. The number of hydrogen-bond acceptors (Lipinski definition) is 7. The van der Waals surface area contributed by atoms with Crippen LogP contribution in [0.3, 0.4) is 0 Å². The SMILES string of the molecule is CC1CN(c2ccncc2NC(=O)c2ccnn3c(NCC4CC4)cnc23)CCO1. The molecule has 4 heterocycles. The molecule has 1 saturated heterocycles. The molecule has 0 bridgehead atoms. The third-order valence-corrected chi connectivity index (χ3v) is 5.54. The highest BCUT2D eigenvalue weighted by Gasteiger charge is 2.23.